The van der Waals surface area contributed by atoms with Crippen LogP contribution in [0.1, 0.15) is 32.6 Å². The van der Waals surface area contributed by atoms with Gasteiger partial charge in [-0.1, -0.05) is 6.07 Å². The summed E-state index contributed by atoms with van der Waals surface area (Å²) in [6.45, 7) is 4.89. The van der Waals surface area contributed by atoms with Crippen LogP contribution in [-0.2, 0) is 4.79 Å². The number of ether oxygens (including phenoxy) is 1. The summed E-state index contributed by atoms with van der Waals surface area (Å²) in [5.74, 6) is 1.70. The van der Waals surface area contributed by atoms with E-state index in [1.165, 1.54) is 12.8 Å². The molecule has 1 aliphatic heterocycles. The van der Waals surface area contributed by atoms with Crippen molar-refractivity contribution < 1.29 is 9.53 Å². The van der Waals surface area contributed by atoms with E-state index in [1.807, 2.05) is 36.1 Å². The summed E-state index contributed by atoms with van der Waals surface area (Å²) in [6, 6.07) is 7.72. The number of piperidine rings is 1. The second kappa shape index (κ2) is 9.70. The van der Waals surface area contributed by atoms with Gasteiger partial charge in [-0.15, -0.1) is 12.4 Å². The number of hydrogen-bond acceptors (Lipinski definition) is 3. The minimum Gasteiger partial charge on any atom is -0.497 e. The number of methoxy groups -OCH3 is 1. The van der Waals surface area contributed by atoms with Crippen molar-refractivity contribution in [3.63, 3.8) is 0 Å². The van der Waals surface area contributed by atoms with Gasteiger partial charge in [-0.05, 0) is 57.3 Å². The van der Waals surface area contributed by atoms with Gasteiger partial charge in [0.2, 0.25) is 5.91 Å². The van der Waals surface area contributed by atoms with Gasteiger partial charge in [0.05, 0.1) is 7.11 Å². The van der Waals surface area contributed by atoms with E-state index in [4.69, 9.17) is 4.74 Å². The van der Waals surface area contributed by atoms with Gasteiger partial charge in [-0.2, -0.15) is 0 Å². The largest absolute Gasteiger partial charge is 0.497 e. The number of benzene rings is 1. The molecule has 0 unspecified atom stereocenters. The van der Waals surface area contributed by atoms with Crippen molar-refractivity contribution in [3.05, 3.63) is 24.3 Å². The van der Waals surface area contributed by atoms with Gasteiger partial charge in [0.25, 0.3) is 0 Å². The van der Waals surface area contributed by atoms with Crippen LogP contribution in [0.3, 0.4) is 0 Å². The van der Waals surface area contributed by atoms with Crippen molar-refractivity contribution in [2.45, 2.75) is 32.6 Å². The fourth-order valence-electron chi connectivity index (χ4n) is 2.91. The van der Waals surface area contributed by atoms with Gasteiger partial charge < -0.3 is 15.0 Å². The van der Waals surface area contributed by atoms with Gasteiger partial charge in [0, 0.05) is 24.7 Å². The van der Waals surface area contributed by atoms with Crippen molar-refractivity contribution in [2.24, 2.45) is 5.92 Å². The van der Waals surface area contributed by atoms with Crippen molar-refractivity contribution in [1.82, 2.24) is 5.32 Å². The second-order valence-electron chi connectivity index (χ2n) is 5.57. The molecular weight excluding hydrogens is 300 g/mol. The molecule has 1 amide bonds. The lowest BCUT2D eigenvalue weighted by atomic mass is 9.93. The summed E-state index contributed by atoms with van der Waals surface area (Å²) < 4.78 is 5.24. The number of carbonyl (C=O) groups excluding carboxylic acids is 1. The lowest BCUT2D eigenvalue weighted by Gasteiger charge is -2.25. The molecule has 0 aliphatic carbocycles. The predicted molar refractivity (Wildman–Crippen MR) is 93.1 cm³/mol. The molecule has 1 N–H and O–H groups in total. The van der Waals surface area contributed by atoms with E-state index in [2.05, 4.69) is 5.32 Å². The van der Waals surface area contributed by atoms with Crippen LogP contribution in [-0.4, -0.2) is 32.7 Å². The zero-order valence-electron chi connectivity index (χ0n) is 13.5. The first kappa shape index (κ1) is 18.8. The molecule has 1 aromatic rings. The Morgan fingerprint density at radius 3 is 2.73 bits per heavy atom. The first-order chi connectivity index (χ1) is 10.2. The topological polar surface area (TPSA) is 41.6 Å². The summed E-state index contributed by atoms with van der Waals surface area (Å²) in [5, 5.41) is 3.37. The predicted octanol–water partition coefficient (Wildman–Crippen LogP) is 3.25. The molecule has 5 heteroatoms. The number of halogens is 1. The van der Waals surface area contributed by atoms with Crippen LogP contribution in [0.4, 0.5) is 5.69 Å². The SMILES string of the molecule is CCN(C(=O)CCC1CCNCC1)c1cccc(OC)c1.Cl. The van der Waals surface area contributed by atoms with Crippen LogP contribution >= 0.6 is 12.4 Å². The average molecular weight is 327 g/mol. The quantitative estimate of drug-likeness (QED) is 0.872. The minimum absolute atomic E-state index is 0. The van der Waals surface area contributed by atoms with Crippen LogP contribution in [0.25, 0.3) is 0 Å². The maximum absolute atomic E-state index is 12.5. The van der Waals surface area contributed by atoms with Crippen molar-refractivity contribution in [1.29, 1.82) is 0 Å². The highest BCUT2D eigenvalue weighted by molar-refractivity contribution is 5.93. The third-order valence-electron chi connectivity index (χ3n) is 4.21. The molecule has 0 bridgehead atoms. The van der Waals surface area contributed by atoms with E-state index in [0.29, 0.717) is 18.9 Å². The molecule has 22 heavy (non-hydrogen) atoms. The Labute approximate surface area is 139 Å². The summed E-state index contributed by atoms with van der Waals surface area (Å²) in [5.41, 5.74) is 0.923. The number of carbonyl (C=O) groups is 1. The van der Waals surface area contributed by atoms with Crippen molar-refractivity contribution in [2.75, 3.05) is 31.6 Å². The Hall–Kier alpha value is -1.26. The molecule has 2 rings (SSSR count). The fraction of sp³-hybridized carbons (Fsp3) is 0.588. The third-order valence-corrected chi connectivity index (χ3v) is 4.21. The lowest BCUT2D eigenvalue weighted by molar-refractivity contribution is -0.118. The highest BCUT2D eigenvalue weighted by atomic mass is 35.5. The molecule has 1 aliphatic rings. The van der Waals surface area contributed by atoms with E-state index in [0.717, 1.165) is 30.9 Å². The van der Waals surface area contributed by atoms with E-state index < -0.39 is 0 Å². The maximum atomic E-state index is 12.5. The number of nitrogens with one attached hydrogen (secondary N) is 1. The smallest absolute Gasteiger partial charge is 0.226 e. The zero-order valence-corrected chi connectivity index (χ0v) is 14.3. The molecule has 0 atom stereocenters. The molecule has 1 saturated heterocycles. The van der Waals surface area contributed by atoms with Crippen LogP contribution in [0.15, 0.2) is 24.3 Å². The Morgan fingerprint density at radius 2 is 2.09 bits per heavy atom. The number of rotatable bonds is 6. The Kier molecular flexibility index (Phi) is 8.28. The number of anilines is 1. The summed E-state index contributed by atoms with van der Waals surface area (Å²) >= 11 is 0. The first-order valence-corrected chi connectivity index (χ1v) is 7.89. The molecule has 0 saturated carbocycles. The van der Waals surface area contributed by atoms with Crippen LogP contribution in [0.5, 0.6) is 5.75 Å². The maximum Gasteiger partial charge on any atom is 0.226 e. The van der Waals surface area contributed by atoms with E-state index in [1.54, 1.807) is 7.11 Å². The second-order valence-corrected chi connectivity index (χ2v) is 5.57. The number of hydrogen-bond donors (Lipinski definition) is 1. The van der Waals surface area contributed by atoms with Gasteiger partial charge in [0.1, 0.15) is 5.75 Å². The Bertz CT molecular complexity index is 462. The molecule has 1 heterocycles. The normalized spacial score (nSPS) is 15.0. The fourth-order valence-corrected chi connectivity index (χ4v) is 2.91. The molecule has 4 nitrogen and oxygen atoms in total. The Morgan fingerprint density at radius 1 is 1.36 bits per heavy atom. The van der Waals surface area contributed by atoms with Crippen LogP contribution in [0, 0.1) is 5.92 Å². The first-order valence-electron chi connectivity index (χ1n) is 7.89. The molecule has 0 spiro atoms. The molecule has 0 aromatic heterocycles. The summed E-state index contributed by atoms with van der Waals surface area (Å²) in [6.07, 6.45) is 4.02. The van der Waals surface area contributed by atoms with Gasteiger partial charge in [-0.3, -0.25) is 4.79 Å². The van der Waals surface area contributed by atoms with Crippen molar-refractivity contribution in [3.8, 4) is 5.75 Å². The minimum atomic E-state index is 0. The summed E-state index contributed by atoms with van der Waals surface area (Å²) in [4.78, 5) is 14.3. The molecule has 1 aromatic carbocycles. The van der Waals surface area contributed by atoms with Crippen molar-refractivity contribution >= 4 is 24.0 Å². The van der Waals surface area contributed by atoms with Crippen LogP contribution < -0.4 is 15.0 Å². The van der Waals surface area contributed by atoms with E-state index >= 15 is 0 Å². The third kappa shape index (κ3) is 5.18. The van der Waals surface area contributed by atoms with Gasteiger partial charge in [-0.25, -0.2) is 0 Å². The summed E-state index contributed by atoms with van der Waals surface area (Å²) in [7, 11) is 1.65. The standard InChI is InChI=1S/C17H26N2O2.ClH/c1-3-19(15-5-4-6-16(13-15)21-2)17(20)8-7-14-9-11-18-12-10-14;/h4-6,13-14,18H,3,7-12H2,1-2H3;1H. The molecular formula is C17H27ClN2O2. The number of nitrogens with zero attached hydrogens (tertiary/aromatic N) is 1. The lowest BCUT2D eigenvalue weighted by Crippen LogP contribution is -2.32. The Balaban J connectivity index is 0.00000242. The highest BCUT2D eigenvalue weighted by Gasteiger charge is 2.18. The molecule has 1 fully saturated rings. The molecule has 0 radical (unpaired) electrons. The molecule has 124 valence electrons. The van der Waals surface area contributed by atoms with E-state index in [9.17, 15) is 4.79 Å². The van der Waals surface area contributed by atoms with E-state index in [-0.39, 0.29) is 18.3 Å². The zero-order chi connectivity index (χ0) is 15.1. The monoisotopic (exact) mass is 326 g/mol. The highest BCUT2D eigenvalue weighted by Crippen LogP contribution is 2.23. The van der Waals surface area contributed by atoms with Crippen LogP contribution in [0.2, 0.25) is 0 Å². The van der Waals surface area contributed by atoms with Gasteiger partial charge >= 0.3 is 0 Å². The average Bonchev–Trinajstić information content (AvgIpc) is 2.55. The number of amides is 1. The van der Waals surface area contributed by atoms with Gasteiger partial charge in [0.15, 0.2) is 0 Å².